The number of urea groups is 1. The molecule has 1 heterocycles. The van der Waals surface area contributed by atoms with Crippen molar-refractivity contribution >= 4 is 11.7 Å². The Morgan fingerprint density at radius 1 is 1.00 bits per heavy atom. The fraction of sp³-hybridized carbons (Fsp3) is 0.0909. The number of aromatic nitrogens is 1. The zero-order valence-electron chi connectivity index (χ0n) is 14.9. The molecule has 3 aromatic rings. The molecule has 0 saturated heterocycles. The summed E-state index contributed by atoms with van der Waals surface area (Å²) in [6.45, 7) is 0.373. The lowest BCUT2D eigenvalue weighted by Crippen LogP contribution is -2.28. The minimum absolute atomic E-state index is 0.293. The van der Waals surface area contributed by atoms with Gasteiger partial charge in [-0.2, -0.15) is 0 Å². The number of pyridine rings is 1. The number of nitrogens with one attached hydrogen (secondary N) is 2. The molecule has 3 rings (SSSR count). The van der Waals surface area contributed by atoms with E-state index in [1.807, 2.05) is 60.7 Å². The number of methoxy groups -OCH3 is 1. The minimum atomic E-state index is -0.293. The summed E-state index contributed by atoms with van der Waals surface area (Å²) in [6.07, 6.45) is 1.64. The Bertz CT molecular complexity index is 975. The van der Waals surface area contributed by atoms with E-state index < -0.39 is 0 Å². The van der Waals surface area contributed by atoms with Crippen LogP contribution in [0.4, 0.5) is 10.5 Å². The maximum Gasteiger partial charge on any atom is 0.319 e. The molecule has 0 atom stereocenters. The van der Waals surface area contributed by atoms with Crippen molar-refractivity contribution in [3.05, 3.63) is 89.6 Å². The van der Waals surface area contributed by atoms with Crippen LogP contribution >= 0.6 is 0 Å². The Morgan fingerprint density at radius 2 is 1.78 bits per heavy atom. The van der Waals surface area contributed by atoms with Crippen molar-refractivity contribution in [1.82, 2.24) is 10.3 Å². The second-order valence-electron chi connectivity index (χ2n) is 5.71. The maximum atomic E-state index is 12.1. The van der Waals surface area contributed by atoms with Crippen LogP contribution in [0.25, 0.3) is 0 Å². The molecule has 0 fully saturated rings. The smallest absolute Gasteiger partial charge is 0.319 e. The summed E-state index contributed by atoms with van der Waals surface area (Å²) in [6, 6.07) is 20.5. The Kier molecular flexibility index (Phi) is 6.05. The Morgan fingerprint density at radius 3 is 2.59 bits per heavy atom. The number of anilines is 1. The molecule has 134 valence electrons. The Hall–Kier alpha value is -3.78. The molecule has 0 aliphatic heterocycles. The highest BCUT2D eigenvalue weighted by Crippen LogP contribution is 2.11. The summed E-state index contributed by atoms with van der Waals surface area (Å²) in [5, 5.41) is 5.62. The molecule has 5 nitrogen and oxygen atoms in total. The van der Waals surface area contributed by atoms with E-state index in [0.29, 0.717) is 18.1 Å². The molecule has 2 N–H and O–H groups in total. The largest absolute Gasteiger partial charge is 0.481 e. The van der Waals surface area contributed by atoms with Crippen molar-refractivity contribution in [1.29, 1.82) is 0 Å². The van der Waals surface area contributed by atoms with E-state index in [1.165, 1.54) is 0 Å². The fourth-order valence-corrected chi connectivity index (χ4v) is 2.37. The van der Waals surface area contributed by atoms with Crippen LogP contribution < -0.4 is 15.4 Å². The van der Waals surface area contributed by atoms with E-state index in [2.05, 4.69) is 27.5 Å². The standard InChI is InChI=1S/C22H19N3O2/c1-27-21-15-19(12-13-23-21)16-24-22(26)25-20-9-5-8-18(14-20)11-10-17-6-3-2-4-7-17/h2-9,12-15H,16H2,1H3,(H2,24,25,26). The van der Waals surface area contributed by atoms with Crippen LogP contribution in [-0.2, 0) is 6.54 Å². The zero-order valence-corrected chi connectivity index (χ0v) is 14.9. The van der Waals surface area contributed by atoms with Crippen LogP contribution in [0.3, 0.4) is 0 Å². The van der Waals surface area contributed by atoms with Crippen molar-refractivity contribution in [3.8, 4) is 17.7 Å². The van der Waals surface area contributed by atoms with Crippen molar-refractivity contribution < 1.29 is 9.53 Å². The lowest BCUT2D eigenvalue weighted by molar-refractivity contribution is 0.251. The van der Waals surface area contributed by atoms with Crippen molar-refractivity contribution in [3.63, 3.8) is 0 Å². The number of carbonyl (C=O) groups is 1. The molecule has 2 amide bonds. The second-order valence-corrected chi connectivity index (χ2v) is 5.71. The minimum Gasteiger partial charge on any atom is -0.481 e. The first-order chi connectivity index (χ1) is 13.2. The predicted octanol–water partition coefficient (Wildman–Crippen LogP) is 3.81. The molecule has 0 aliphatic rings. The van der Waals surface area contributed by atoms with E-state index >= 15 is 0 Å². The highest BCUT2D eigenvalue weighted by Gasteiger charge is 2.03. The van der Waals surface area contributed by atoms with Gasteiger partial charge in [-0.25, -0.2) is 9.78 Å². The van der Waals surface area contributed by atoms with Crippen molar-refractivity contribution in [2.75, 3.05) is 12.4 Å². The van der Waals surface area contributed by atoms with Gasteiger partial charge in [-0.1, -0.05) is 36.1 Å². The van der Waals surface area contributed by atoms with Crippen LogP contribution in [0.2, 0.25) is 0 Å². The third-order valence-electron chi connectivity index (χ3n) is 3.71. The first-order valence-corrected chi connectivity index (χ1v) is 8.44. The van der Waals surface area contributed by atoms with Crippen LogP contribution in [0.15, 0.2) is 72.9 Å². The van der Waals surface area contributed by atoms with Crippen molar-refractivity contribution in [2.45, 2.75) is 6.54 Å². The normalized spacial score (nSPS) is 9.67. The van der Waals surface area contributed by atoms with Gasteiger partial charge in [-0.3, -0.25) is 0 Å². The number of benzene rings is 2. The number of hydrogen-bond acceptors (Lipinski definition) is 3. The molecular formula is C22H19N3O2. The first-order valence-electron chi connectivity index (χ1n) is 8.44. The average molecular weight is 357 g/mol. The molecule has 0 bridgehead atoms. The topological polar surface area (TPSA) is 63.2 Å². The molecule has 5 heteroatoms. The first kappa shape index (κ1) is 18.0. The fourth-order valence-electron chi connectivity index (χ4n) is 2.37. The lowest BCUT2D eigenvalue weighted by Gasteiger charge is -2.08. The van der Waals surface area contributed by atoms with Gasteiger partial charge >= 0.3 is 6.03 Å². The molecule has 2 aromatic carbocycles. The molecule has 0 spiro atoms. The SMILES string of the molecule is COc1cc(CNC(=O)Nc2cccc(C#Cc3ccccc3)c2)ccn1. The quantitative estimate of drug-likeness (QED) is 0.698. The predicted molar refractivity (Wildman–Crippen MR) is 106 cm³/mol. The van der Waals surface area contributed by atoms with Crippen LogP contribution in [0.1, 0.15) is 16.7 Å². The average Bonchev–Trinajstić information content (AvgIpc) is 2.72. The molecule has 0 aliphatic carbocycles. The summed E-state index contributed by atoms with van der Waals surface area (Å²) in [5.74, 6) is 6.72. The lowest BCUT2D eigenvalue weighted by atomic mass is 10.1. The summed E-state index contributed by atoms with van der Waals surface area (Å²) < 4.78 is 5.07. The number of nitrogens with zero attached hydrogens (tertiary/aromatic N) is 1. The van der Waals surface area contributed by atoms with Crippen LogP contribution in [0, 0.1) is 11.8 Å². The molecule has 27 heavy (non-hydrogen) atoms. The summed E-state index contributed by atoms with van der Waals surface area (Å²) in [4.78, 5) is 16.2. The van der Waals surface area contributed by atoms with Gasteiger partial charge in [0.2, 0.25) is 5.88 Å². The second kappa shape index (κ2) is 9.07. The highest BCUT2D eigenvalue weighted by atomic mass is 16.5. The van der Waals surface area contributed by atoms with Gasteiger partial charge in [0.15, 0.2) is 0 Å². The van der Waals surface area contributed by atoms with Gasteiger partial charge in [-0.05, 0) is 42.0 Å². The van der Waals surface area contributed by atoms with Crippen LogP contribution in [0.5, 0.6) is 5.88 Å². The van der Waals surface area contributed by atoms with Gasteiger partial charge in [0.1, 0.15) is 0 Å². The maximum absolute atomic E-state index is 12.1. The third-order valence-corrected chi connectivity index (χ3v) is 3.71. The van der Waals surface area contributed by atoms with E-state index in [9.17, 15) is 4.79 Å². The van der Waals surface area contributed by atoms with Gasteiger partial charge in [0.05, 0.1) is 7.11 Å². The molecular weight excluding hydrogens is 338 g/mol. The van der Waals surface area contributed by atoms with Gasteiger partial charge in [-0.15, -0.1) is 0 Å². The number of hydrogen-bond donors (Lipinski definition) is 2. The van der Waals surface area contributed by atoms with E-state index in [1.54, 1.807) is 19.4 Å². The number of rotatable bonds is 4. The summed E-state index contributed by atoms with van der Waals surface area (Å²) >= 11 is 0. The number of amides is 2. The van der Waals surface area contributed by atoms with E-state index in [-0.39, 0.29) is 6.03 Å². The van der Waals surface area contributed by atoms with E-state index in [4.69, 9.17) is 4.74 Å². The molecule has 0 saturated carbocycles. The van der Waals surface area contributed by atoms with Crippen LogP contribution in [-0.4, -0.2) is 18.1 Å². The van der Waals surface area contributed by atoms with Gasteiger partial charge in [0.25, 0.3) is 0 Å². The zero-order chi connectivity index (χ0) is 18.9. The number of ether oxygens (including phenoxy) is 1. The Balaban J connectivity index is 1.59. The third kappa shape index (κ3) is 5.62. The summed E-state index contributed by atoms with van der Waals surface area (Å²) in [7, 11) is 1.56. The monoisotopic (exact) mass is 357 g/mol. The van der Waals surface area contributed by atoms with Crippen molar-refractivity contribution in [2.24, 2.45) is 0 Å². The number of carbonyl (C=O) groups excluding carboxylic acids is 1. The van der Waals surface area contributed by atoms with Gasteiger partial charge in [0, 0.05) is 35.6 Å². The van der Waals surface area contributed by atoms with E-state index in [0.717, 1.165) is 16.7 Å². The Labute approximate surface area is 158 Å². The molecule has 0 radical (unpaired) electrons. The summed E-state index contributed by atoms with van der Waals surface area (Å²) in [5.41, 5.74) is 3.36. The van der Waals surface area contributed by atoms with Gasteiger partial charge < -0.3 is 15.4 Å². The molecule has 1 aromatic heterocycles. The molecule has 0 unspecified atom stereocenters. The highest BCUT2D eigenvalue weighted by molar-refractivity contribution is 5.89.